The number of fused-ring (bicyclic) bond motifs is 1. The first kappa shape index (κ1) is 14.9. The summed E-state index contributed by atoms with van der Waals surface area (Å²) in [6, 6.07) is 16.4. The third-order valence-corrected chi connectivity index (χ3v) is 5.51. The fourth-order valence-electron chi connectivity index (χ4n) is 2.29. The van der Waals surface area contributed by atoms with Crippen molar-refractivity contribution in [3.8, 4) is 0 Å². The molecule has 0 bridgehead atoms. The zero-order valence-corrected chi connectivity index (χ0v) is 13.9. The molecule has 0 aliphatic carbocycles. The van der Waals surface area contributed by atoms with Crippen LogP contribution >= 0.6 is 34.5 Å². The van der Waals surface area contributed by atoms with E-state index in [1.54, 1.807) is 11.3 Å². The summed E-state index contributed by atoms with van der Waals surface area (Å²) in [6.07, 6.45) is 0. The summed E-state index contributed by atoms with van der Waals surface area (Å²) in [5.74, 6) is 0. The van der Waals surface area contributed by atoms with Crippen LogP contribution in [0.1, 0.15) is 23.4 Å². The van der Waals surface area contributed by atoms with Gasteiger partial charge >= 0.3 is 0 Å². The second-order valence-electron chi connectivity index (χ2n) is 4.99. The van der Waals surface area contributed by atoms with E-state index in [-0.39, 0.29) is 6.04 Å². The molecule has 3 aromatic rings. The number of hydrogen-bond donors (Lipinski definition) is 1. The van der Waals surface area contributed by atoms with Crippen LogP contribution in [0, 0.1) is 0 Å². The van der Waals surface area contributed by atoms with Crippen LogP contribution in [0.3, 0.4) is 0 Å². The lowest BCUT2D eigenvalue weighted by Crippen LogP contribution is -2.17. The van der Waals surface area contributed by atoms with Gasteiger partial charge < -0.3 is 5.32 Å². The molecule has 0 fully saturated rings. The number of halogens is 2. The first-order valence-corrected chi connectivity index (χ1v) is 8.37. The average Bonchev–Trinajstić information content (AvgIpc) is 2.82. The molecule has 0 saturated carbocycles. The fraction of sp³-hybridized carbons (Fsp3) is 0.176. The van der Waals surface area contributed by atoms with Crippen molar-refractivity contribution >= 4 is 44.6 Å². The average molecular weight is 336 g/mol. The van der Waals surface area contributed by atoms with E-state index < -0.39 is 0 Å². The minimum atomic E-state index is 0.253. The van der Waals surface area contributed by atoms with Gasteiger partial charge in [-0.1, -0.05) is 53.5 Å². The second-order valence-corrected chi connectivity index (χ2v) is 6.94. The van der Waals surface area contributed by atoms with Crippen LogP contribution in [0.4, 0.5) is 0 Å². The van der Waals surface area contributed by atoms with Gasteiger partial charge in [-0.3, -0.25) is 0 Å². The van der Waals surface area contributed by atoms with Crippen molar-refractivity contribution in [1.29, 1.82) is 0 Å². The van der Waals surface area contributed by atoms with Crippen molar-refractivity contribution in [1.82, 2.24) is 5.32 Å². The standard InChI is InChI=1S/C17H15Cl2NS/c1-11(12-6-8-13(18)9-7-12)20-10-16-17(19)14-4-2-3-5-15(14)21-16/h2-9,11,20H,10H2,1H3. The number of hydrogen-bond acceptors (Lipinski definition) is 2. The van der Waals surface area contributed by atoms with Gasteiger partial charge in [0, 0.05) is 32.6 Å². The van der Waals surface area contributed by atoms with Crippen LogP contribution in [-0.4, -0.2) is 0 Å². The highest BCUT2D eigenvalue weighted by Crippen LogP contribution is 2.35. The van der Waals surface area contributed by atoms with Gasteiger partial charge in [-0.15, -0.1) is 11.3 Å². The van der Waals surface area contributed by atoms with Crippen LogP contribution in [0.2, 0.25) is 10.0 Å². The Morgan fingerprint density at radius 1 is 1.05 bits per heavy atom. The molecule has 0 amide bonds. The maximum atomic E-state index is 6.46. The van der Waals surface area contributed by atoms with E-state index in [9.17, 15) is 0 Å². The van der Waals surface area contributed by atoms with Crippen LogP contribution in [0.5, 0.6) is 0 Å². The molecule has 0 saturated heterocycles. The molecule has 3 rings (SSSR count). The lowest BCUT2D eigenvalue weighted by molar-refractivity contribution is 0.579. The lowest BCUT2D eigenvalue weighted by Gasteiger charge is -2.13. The van der Waals surface area contributed by atoms with Gasteiger partial charge in [0.25, 0.3) is 0 Å². The quantitative estimate of drug-likeness (QED) is 0.611. The molecule has 0 spiro atoms. The summed E-state index contributed by atoms with van der Waals surface area (Å²) in [5.41, 5.74) is 1.22. The van der Waals surface area contributed by atoms with Gasteiger partial charge in [0.15, 0.2) is 0 Å². The number of nitrogens with one attached hydrogen (secondary N) is 1. The highest BCUT2D eigenvalue weighted by atomic mass is 35.5. The van der Waals surface area contributed by atoms with Gasteiger partial charge in [-0.05, 0) is 30.7 Å². The summed E-state index contributed by atoms with van der Waals surface area (Å²) < 4.78 is 1.23. The van der Waals surface area contributed by atoms with Crippen LogP contribution < -0.4 is 5.32 Å². The molecule has 4 heteroatoms. The van der Waals surface area contributed by atoms with Crippen molar-refractivity contribution in [2.24, 2.45) is 0 Å². The zero-order chi connectivity index (χ0) is 14.8. The van der Waals surface area contributed by atoms with E-state index >= 15 is 0 Å². The van der Waals surface area contributed by atoms with E-state index in [2.05, 4.69) is 24.4 Å². The zero-order valence-electron chi connectivity index (χ0n) is 11.6. The predicted octanol–water partition coefficient (Wildman–Crippen LogP) is 6.06. The largest absolute Gasteiger partial charge is 0.305 e. The topological polar surface area (TPSA) is 12.0 Å². The van der Waals surface area contributed by atoms with E-state index in [1.807, 2.05) is 36.4 Å². The van der Waals surface area contributed by atoms with Crippen molar-refractivity contribution in [3.63, 3.8) is 0 Å². The number of benzene rings is 2. The van der Waals surface area contributed by atoms with Gasteiger partial charge in [-0.2, -0.15) is 0 Å². The molecular weight excluding hydrogens is 321 g/mol. The van der Waals surface area contributed by atoms with Gasteiger partial charge in [0.05, 0.1) is 5.02 Å². The molecule has 0 aliphatic heterocycles. The van der Waals surface area contributed by atoms with E-state index in [0.717, 1.165) is 22.0 Å². The van der Waals surface area contributed by atoms with Crippen LogP contribution in [-0.2, 0) is 6.54 Å². The highest BCUT2D eigenvalue weighted by Gasteiger charge is 2.11. The van der Waals surface area contributed by atoms with Crippen molar-refractivity contribution in [3.05, 3.63) is 69.0 Å². The summed E-state index contributed by atoms with van der Waals surface area (Å²) >= 11 is 14.1. The minimum absolute atomic E-state index is 0.253. The predicted molar refractivity (Wildman–Crippen MR) is 93.5 cm³/mol. The number of thiophene rings is 1. The molecule has 1 N–H and O–H groups in total. The third-order valence-electron chi connectivity index (χ3n) is 3.54. The summed E-state index contributed by atoms with van der Waals surface area (Å²) in [6.45, 7) is 2.91. The fourth-order valence-corrected chi connectivity index (χ4v) is 3.87. The number of rotatable bonds is 4. The molecule has 1 heterocycles. The second kappa shape index (κ2) is 6.37. The Morgan fingerprint density at radius 2 is 1.76 bits per heavy atom. The maximum absolute atomic E-state index is 6.46. The summed E-state index contributed by atoms with van der Waals surface area (Å²) in [5, 5.41) is 6.29. The Hall–Kier alpha value is -1.06. The molecular formula is C17H15Cl2NS. The Labute approximate surface area is 138 Å². The molecule has 0 aliphatic rings. The highest BCUT2D eigenvalue weighted by molar-refractivity contribution is 7.19. The third kappa shape index (κ3) is 3.24. The minimum Gasteiger partial charge on any atom is -0.305 e. The van der Waals surface area contributed by atoms with Gasteiger partial charge in [0.2, 0.25) is 0 Å². The molecule has 108 valence electrons. The Bertz CT molecular complexity index is 749. The maximum Gasteiger partial charge on any atom is 0.0636 e. The van der Waals surface area contributed by atoms with Gasteiger partial charge in [0.1, 0.15) is 0 Å². The van der Waals surface area contributed by atoms with E-state index in [4.69, 9.17) is 23.2 Å². The van der Waals surface area contributed by atoms with E-state index in [1.165, 1.54) is 15.1 Å². The smallest absolute Gasteiger partial charge is 0.0636 e. The van der Waals surface area contributed by atoms with Crippen molar-refractivity contribution in [2.75, 3.05) is 0 Å². The van der Waals surface area contributed by atoms with Crippen LogP contribution in [0.25, 0.3) is 10.1 Å². The van der Waals surface area contributed by atoms with Gasteiger partial charge in [-0.25, -0.2) is 0 Å². The SMILES string of the molecule is CC(NCc1sc2ccccc2c1Cl)c1ccc(Cl)cc1. The normalized spacial score (nSPS) is 12.7. The summed E-state index contributed by atoms with van der Waals surface area (Å²) in [7, 11) is 0. The van der Waals surface area contributed by atoms with Crippen molar-refractivity contribution in [2.45, 2.75) is 19.5 Å². The molecule has 0 radical (unpaired) electrons. The first-order chi connectivity index (χ1) is 10.1. The Balaban J connectivity index is 1.74. The van der Waals surface area contributed by atoms with Crippen molar-refractivity contribution < 1.29 is 0 Å². The monoisotopic (exact) mass is 335 g/mol. The Kier molecular flexibility index (Phi) is 4.51. The molecule has 21 heavy (non-hydrogen) atoms. The summed E-state index contributed by atoms with van der Waals surface area (Å²) in [4.78, 5) is 1.18. The molecule has 1 nitrogen and oxygen atoms in total. The van der Waals surface area contributed by atoms with E-state index in [0.29, 0.717) is 0 Å². The first-order valence-electron chi connectivity index (χ1n) is 6.80. The molecule has 1 atom stereocenters. The lowest BCUT2D eigenvalue weighted by atomic mass is 10.1. The molecule has 2 aromatic carbocycles. The Morgan fingerprint density at radius 3 is 2.48 bits per heavy atom. The molecule has 1 unspecified atom stereocenters. The van der Waals surface area contributed by atoms with Crippen LogP contribution in [0.15, 0.2) is 48.5 Å². The molecule has 1 aromatic heterocycles.